The van der Waals surface area contributed by atoms with Crippen molar-refractivity contribution in [3.63, 3.8) is 0 Å². The highest BCUT2D eigenvalue weighted by atomic mass is 35.5. The number of halogens is 4. The largest absolute Gasteiger partial charge is 0.486 e. The number of nitrogens with one attached hydrogen (secondary N) is 1. The van der Waals surface area contributed by atoms with Gasteiger partial charge in [-0.3, -0.25) is 10.3 Å². The Kier molecular flexibility index (Phi) is 22.8. The molecule has 0 atom stereocenters. The summed E-state index contributed by atoms with van der Waals surface area (Å²) in [6.07, 6.45) is 5.60. The maximum Gasteiger partial charge on any atom is 0.208 e. The molecule has 0 aliphatic carbocycles. The van der Waals surface area contributed by atoms with E-state index in [1.165, 1.54) is 19.6 Å². The van der Waals surface area contributed by atoms with Crippen molar-refractivity contribution in [2.45, 2.75) is 13.1 Å². The number of aromatic nitrogens is 2. The molecule has 0 amide bonds. The third kappa shape index (κ3) is 18.1. The van der Waals surface area contributed by atoms with Crippen LogP contribution in [-0.4, -0.2) is 35.3 Å². The van der Waals surface area contributed by atoms with Gasteiger partial charge in [-0.2, -0.15) is 10.5 Å². The van der Waals surface area contributed by atoms with Crippen LogP contribution in [0.5, 0.6) is 0 Å². The number of nitrogens with two attached hydrogens (primary N) is 1. The Morgan fingerprint density at radius 1 is 1.03 bits per heavy atom. The minimum Gasteiger partial charge on any atom is -0.486 e. The van der Waals surface area contributed by atoms with Crippen molar-refractivity contribution in [2.24, 2.45) is 15.7 Å². The van der Waals surface area contributed by atoms with Gasteiger partial charge in [-0.15, -0.1) is 4.99 Å². The monoisotopic (exact) mass is 521 g/mol. The number of ether oxygens (including phenoxy) is 1. The first kappa shape index (κ1) is 33.9. The Labute approximate surface area is 206 Å². The Morgan fingerprint density at radius 2 is 1.50 bits per heavy atom. The molecule has 0 unspecified atom stereocenters. The Hall–Kier alpha value is -2.70. The predicted molar refractivity (Wildman–Crippen MR) is 128 cm³/mol. The van der Waals surface area contributed by atoms with Gasteiger partial charge in [0.05, 0.1) is 20.0 Å². The smallest absolute Gasteiger partial charge is 0.208 e. The first-order valence-corrected chi connectivity index (χ1v) is 9.27. The quantitative estimate of drug-likeness (QED) is 0.150. The molecule has 10 nitrogen and oxygen atoms in total. The molecule has 0 aromatic carbocycles. The van der Waals surface area contributed by atoms with Crippen LogP contribution in [0.4, 0.5) is 0 Å². The van der Waals surface area contributed by atoms with E-state index in [0.29, 0.717) is 33.7 Å². The van der Waals surface area contributed by atoms with Gasteiger partial charge in [0.2, 0.25) is 6.19 Å². The molecule has 2 heterocycles. The molecule has 0 radical (unpaired) electrons. The van der Waals surface area contributed by atoms with Crippen LogP contribution in [0.15, 0.2) is 34.3 Å². The molecule has 2 aromatic heterocycles. The summed E-state index contributed by atoms with van der Waals surface area (Å²) in [5, 5.41) is 19.5. The number of hydrogen-bond donors (Lipinski definition) is 2. The minimum atomic E-state index is 0. The van der Waals surface area contributed by atoms with E-state index in [2.05, 4.69) is 30.0 Å². The van der Waals surface area contributed by atoms with Crippen LogP contribution in [0.2, 0.25) is 20.6 Å². The first-order valence-electron chi connectivity index (χ1n) is 7.76. The van der Waals surface area contributed by atoms with E-state index < -0.39 is 0 Å². The van der Waals surface area contributed by atoms with Crippen molar-refractivity contribution >= 4 is 59.1 Å². The second kappa shape index (κ2) is 21.5. The molecule has 174 valence electrons. The van der Waals surface area contributed by atoms with Crippen molar-refractivity contribution in [1.82, 2.24) is 15.3 Å². The highest BCUT2D eigenvalue weighted by molar-refractivity contribution is 6.33. The maximum atomic E-state index is 8.15. The van der Waals surface area contributed by atoms with Gasteiger partial charge in [0.15, 0.2) is 12.6 Å². The lowest BCUT2D eigenvalue weighted by atomic mass is 10.3. The molecule has 0 saturated heterocycles. The number of nitrogens with zero attached hydrogens (tertiary/aromatic N) is 6. The molecule has 5 N–H and O–H groups in total. The zero-order chi connectivity index (χ0) is 22.8. The minimum absolute atomic E-state index is 0. The molecule has 14 heteroatoms. The zero-order valence-electron chi connectivity index (χ0n) is 17.1. The van der Waals surface area contributed by atoms with Crippen LogP contribution in [-0.2, 0) is 17.8 Å². The van der Waals surface area contributed by atoms with E-state index >= 15 is 0 Å². The molecule has 0 bridgehead atoms. The van der Waals surface area contributed by atoms with E-state index in [1.807, 2.05) is 0 Å². The lowest BCUT2D eigenvalue weighted by molar-refractivity contribution is 0.423. The molecule has 32 heavy (non-hydrogen) atoms. The summed E-state index contributed by atoms with van der Waals surface area (Å²) in [6.45, 7) is 0.832. The van der Waals surface area contributed by atoms with Gasteiger partial charge >= 0.3 is 0 Å². The number of methoxy groups -OCH3 is 1. The Balaban J connectivity index is -0.000000413. The van der Waals surface area contributed by atoms with Crippen LogP contribution in [0.25, 0.3) is 0 Å². The highest BCUT2D eigenvalue weighted by Crippen LogP contribution is 2.15. The average Bonchev–Trinajstić information content (AvgIpc) is 2.69. The zero-order valence-corrected chi connectivity index (χ0v) is 20.1. The van der Waals surface area contributed by atoms with Crippen molar-refractivity contribution in [1.29, 1.82) is 10.5 Å². The molecule has 0 saturated carbocycles. The summed E-state index contributed by atoms with van der Waals surface area (Å²) < 4.78 is 4.27. The summed E-state index contributed by atoms with van der Waals surface area (Å²) in [4.78, 5) is 14.5. The summed E-state index contributed by atoms with van der Waals surface area (Å²) in [6, 6.07) is 6.70. The van der Waals surface area contributed by atoms with Crippen LogP contribution in [0.1, 0.15) is 11.1 Å². The predicted octanol–water partition coefficient (Wildman–Crippen LogP) is 3.60. The molecule has 2 aromatic rings. The molecule has 0 spiro atoms. The summed E-state index contributed by atoms with van der Waals surface area (Å²) in [5.41, 5.74) is 7.07. The fourth-order valence-corrected chi connectivity index (χ4v) is 2.55. The molecule has 2 rings (SSSR count). The third-order valence-corrected chi connectivity index (χ3v) is 3.37. The molecular weight excluding hydrogens is 502 g/mol. The van der Waals surface area contributed by atoms with Crippen LogP contribution < -0.4 is 11.1 Å². The summed E-state index contributed by atoms with van der Waals surface area (Å²) in [5.74, 6) is 0. The number of nitriles is 2. The van der Waals surface area contributed by atoms with Gasteiger partial charge in [0.1, 0.15) is 20.6 Å². The van der Waals surface area contributed by atoms with E-state index in [1.54, 1.807) is 30.5 Å². The van der Waals surface area contributed by atoms with Gasteiger partial charge in [-0.25, -0.2) is 9.97 Å². The molecular formula is C18H21Cl4N8O2-. The van der Waals surface area contributed by atoms with Gasteiger partial charge in [0, 0.05) is 6.54 Å². The second-order valence-electron chi connectivity index (χ2n) is 4.74. The number of rotatable bonds is 5. The van der Waals surface area contributed by atoms with Gasteiger partial charge in [0.25, 0.3) is 0 Å². The van der Waals surface area contributed by atoms with Crippen LogP contribution >= 0.6 is 46.4 Å². The summed E-state index contributed by atoms with van der Waals surface area (Å²) >= 11 is 22.5. The van der Waals surface area contributed by atoms with E-state index in [4.69, 9.17) is 62.7 Å². The van der Waals surface area contributed by atoms with Crippen LogP contribution in [0, 0.1) is 30.3 Å². The topological polar surface area (TPSA) is 177 Å². The van der Waals surface area contributed by atoms with Crippen molar-refractivity contribution in [2.75, 3.05) is 7.11 Å². The normalized spacial score (nSPS) is 9.00. The SMILES string of the molecule is COC=NC#N.N#CNC=NCc1cc(Cl)nc(Cl)c1.NCc1cc(Cl)nc(Cl)c1.O.[CH3-]. The number of hydrogen-bond acceptors (Lipinski definition) is 8. The van der Waals surface area contributed by atoms with Gasteiger partial charge in [-0.1, -0.05) is 46.4 Å². The van der Waals surface area contributed by atoms with E-state index in [9.17, 15) is 0 Å². The van der Waals surface area contributed by atoms with Gasteiger partial charge in [-0.05, 0) is 35.4 Å². The van der Waals surface area contributed by atoms with Crippen molar-refractivity contribution in [3.8, 4) is 12.4 Å². The lowest BCUT2D eigenvalue weighted by Crippen LogP contribution is -2.00. The van der Waals surface area contributed by atoms with Crippen LogP contribution in [0.3, 0.4) is 0 Å². The number of aliphatic imine (C=N–C) groups is 2. The van der Waals surface area contributed by atoms with E-state index in [0.717, 1.165) is 17.5 Å². The molecule has 0 fully saturated rings. The highest BCUT2D eigenvalue weighted by Gasteiger charge is 1.98. The van der Waals surface area contributed by atoms with E-state index in [-0.39, 0.29) is 12.9 Å². The first-order chi connectivity index (χ1) is 14.4. The fourth-order valence-electron chi connectivity index (χ4n) is 1.54. The molecule has 0 aliphatic heterocycles. The van der Waals surface area contributed by atoms with Crippen molar-refractivity contribution in [3.05, 3.63) is 63.4 Å². The maximum absolute atomic E-state index is 8.15. The lowest BCUT2D eigenvalue weighted by Gasteiger charge is -1.97. The third-order valence-electron chi connectivity index (χ3n) is 2.59. The molecule has 0 aliphatic rings. The number of pyridine rings is 2. The average molecular weight is 523 g/mol. The van der Waals surface area contributed by atoms with Gasteiger partial charge < -0.3 is 23.4 Å². The second-order valence-corrected chi connectivity index (χ2v) is 6.29. The van der Waals surface area contributed by atoms with Crippen molar-refractivity contribution < 1.29 is 10.2 Å². The Morgan fingerprint density at radius 3 is 1.84 bits per heavy atom. The standard InChI is InChI=1S/C8H6Cl2N4.C6H6Cl2N2.C3H4N2O.CH3.H2O/c9-7-1-6(2-8(10)14-7)3-12-5-13-4-11;7-5-1-4(3-9)2-6(8)10-5;1-6-3-5-2-4;;/h1-2,5H,3H2,(H,12,13);1-2H,3,9H2;3H,1H3;1H3;1H2/q;;;-1;. The fraction of sp³-hybridized carbons (Fsp3) is 0.167. The Bertz CT molecular complexity index is 890. The summed E-state index contributed by atoms with van der Waals surface area (Å²) in [7, 11) is 1.43.